The normalized spacial score (nSPS) is 11.9. The van der Waals surface area contributed by atoms with Crippen LogP contribution in [0, 0.1) is 0 Å². The topological polar surface area (TPSA) is 67.2 Å². The average molecular weight is 259 g/mol. The van der Waals surface area contributed by atoms with Crippen LogP contribution in [0.3, 0.4) is 0 Å². The van der Waals surface area contributed by atoms with Crippen molar-refractivity contribution >= 4 is 11.7 Å². The van der Waals surface area contributed by atoms with E-state index in [4.69, 9.17) is 4.42 Å². The van der Waals surface area contributed by atoms with Gasteiger partial charge in [0.2, 0.25) is 0 Å². The zero-order valence-electron chi connectivity index (χ0n) is 11.0. The Hall–Kier alpha value is -2.30. The zero-order valence-corrected chi connectivity index (χ0v) is 11.0. The van der Waals surface area contributed by atoms with Gasteiger partial charge < -0.3 is 15.1 Å². The Kier molecular flexibility index (Phi) is 4.18. The molecule has 0 saturated heterocycles. The summed E-state index contributed by atoms with van der Waals surface area (Å²) >= 11 is 0. The quantitative estimate of drug-likeness (QED) is 0.862. The number of nitrogens with zero attached hydrogens (tertiary/aromatic N) is 1. The van der Waals surface area contributed by atoms with Gasteiger partial charge in [-0.2, -0.15) is 0 Å². The second-order valence-corrected chi connectivity index (χ2v) is 4.31. The lowest BCUT2D eigenvalue weighted by molar-refractivity contribution is 0.0940. The van der Waals surface area contributed by atoms with Crippen LogP contribution in [0.2, 0.25) is 0 Å². The second-order valence-electron chi connectivity index (χ2n) is 4.31. The van der Waals surface area contributed by atoms with Gasteiger partial charge in [0.1, 0.15) is 11.6 Å². The number of amides is 1. The number of pyridine rings is 1. The first-order valence-electron chi connectivity index (χ1n) is 6.16. The van der Waals surface area contributed by atoms with E-state index in [0.29, 0.717) is 17.8 Å². The number of rotatable bonds is 5. The molecule has 0 radical (unpaired) electrons. The van der Waals surface area contributed by atoms with Crippen LogP contribution >= 0.6 is 0 Å². The number of furan rings is 1. The van der Waals surface area contributed by atoms with Crippen molar-refractivity contribution < 1.29 is 9.21 Å². The summed E-state index contributed by atoms with van der Waals surface area (Å²) in [6.45, 7) is 1.94. The summed E-state index contributed by atoms with van der Waals surface area (Å²) in [6, 6.07) is 7.21. The van der Waals surface area contributed by atoms with E-state index in [1.165, 1.54) is 0 Å². The molecule has 2 aromatic rings. The molecule has 0 spiro atoms. The Morgan fingerprint density at radius 3 is 2.95 bits per heavy atom. The van der Waals surface area contributed by atoms with Gasteiger partial charge in [-0.25, -0.2) is 4.98 Å². The molecular formula is C14H17N3O2. The standard InChI is InChI=1S/C14H17N3O2/c1-10(9-11-5-4-8-19-11)17-14(18)12-6-3-7-16-13(12)15-2/h3-8,10H,9H2,1-2H3,(H,15,16)(H,17,18). The fourth-order valence-electron chi connectivity index (χ4n) is 1.87. The van der Waals surface area contributed by atoms with Gasteiger partial charge in [0.05, 0.1) is 11.8 Å². The van der Waals surface area contributed by atoms with Crippen molar-refractivity contribution in [3.63, 3.8) is 0 Å². The van der Waals surface area contributed by atoms with Crippen LogP contribution in [0.15, 0.2) is 41.1 Å². The van der Waals surface area contributed by atoms with E-state index in [-0.39, 0.29) is 11.9 Å². The minimum atomic E-state index is -0.142. The summed E-state index contributed by atoms with van der Waals surface area (Å²) in [6.07, 6.45) is 3.94. The van der Waals surface area contributed by atoms with E-state index in [2.05, 4.69) is 15.6 Å². The van der Waals surface area contributed by atoms with Crippen LogP contribution in [0.4, 0.5) is 5.82 Å². The van der Waals surface area contributed by atoms with Crippen molar-refractivity contribution in [1.82, 2.24) is 10.3 Å². The van der Waals surface area contributed by atoms with Gasteiger partial charge in [0, 0.05) is 25.7 Å². The smallest absolute Gasteiger partial charge is 0.255 e. The van der Waals surface area contributed by atoms with Gasteiger partial charge >= 0.3 is 0 Å². The van der Waals surface area contributed by atoms with Crippen LogP contribution in [0.5, 0.6) is 0 Å². The van der Waals surface area contributed by atoms with Crippen molar-refractivity contribution in [1.29, 1.82) is 0 Å². The van der Waals surface area contributed by atoms with Crippen LogP contribution in [0.25, 0.3) is 0 Å². The van der Waals surface area contributed by atoms with Gasteiger partial charge in [-0.15, -0.1) is 0 Å². The Bertz CT molecular complexity index is 537. The third-order valence-electron chi connectivity index (χ3n) is 2.75. The number of nitrogens with one attached hydrogen (secondary N) is 2. The molecule has 2 N–H and O–H groups in total. The Balaban J connectivity index is 2.00. The number of aromatic nitrogens is 1. The highest BCUT2D eigenvalue weighted by Gasteiger charge is 2.14. The van der Waals surface area contributed by atoms with Crippen LogP contribution in [0.1, 0.15) is 23.0 Å². The van der Waals surface area contributed by atoms with E-state index >= 15 is 0 Å². The molecule has 2 rings (SSSR count). The highest BCUT2D eigenvalue weighted by atomic mass is 16.3. The summed E-state index contributed by atoms with van der Waals surface area (Å²) in [5.41, 5.74) is 0.538. The summed E-state index contributed by atoms with van der Waals surface area (Å²) in [7, 11) is 1.74. The molecule has 0 aliphatic rings. The molecule has 1 unspecified atom stereocenters. The first-order valence-corrected chi connectivity index (χ1v) is 6.16. The summed E-state index contributed by atoms with van der Waals surface area (Å²) < 4.78 is 5.26. The molecule has 0 aliphatic heterocycles. The van der Waals surface area contributed by atoms with E-state index < -0.39 is 0 Å². The number of hydrogen-bond acceptors (Lipinski definition) is 4. The van der Waals surface area contributed by atoms with E-state index in [0.717, 1.165) is 5.76 Å². The van der Waals surface area contributed by atoms with Crippen molar-refractivity contribution in [2.45, 2.75) is 19.4 Å². The van der Waals surface area contributed by atoms with E-state index in [9.17, 15) is 4.79 Å². The van der Waals surface area contributed by atoms with E-state index in [1.54, 1.807) is 31.6 Å². The molecule has 0 aliphatic carbocycles. The SMILES string of the molecule is CNc1ncccc1C(=O)NC(C)Cc1ccco1. The van der Waals surface area contributed by atoms with Gasteiger partial charge in [-0.1, -0.05) is 0 Å². The monoisotopic (exact) mass is 259 g/mol. The zero-order chi connectivity index (χ0) is 13.7. The third kappa shape index (κ3) is 3.34. The summed E-state index contributed by atoms with van der Waals surface area (Å²) in [5, 5.41) is 5.84. The highest BCUT2D eigenvalue weighted by Crippen LogP contribution is 2.11. The molecule has 1 amide bonds. The number of anilines is 1. The largest absolute Gasteiger partial charge is 0.469 e. The minimum absolute atomic E-state index is 0.0106. The maximum Gasteiger partial charge on any atom is 0.255 e. The van der Waals surface area contributed by atoms with Gasteiger partial charge in [-0.05, 0) is 31.2 Å². The van der Waals surface area contributed by atoms with Crippen LogP contribution < -0.4 is 10.6 Å². The predicted octanol–water partition coefficient (Wildman–Crippen LogP) is 2.08. The number of hydrogen-bond donors (Lipinski definition) is 2. The van der Waals surface area contributed by atoms with Gasteiger partial charge in [0.15, 0.2) is 0 Å². The molecule has 0 saturated carbocycles. The van der Waals surface area contributed by atoms with Crippen molar-refractivity contribution in [2.24, 2.45) is 0 Å². The Morgan fingerprint density at radius 2 is 2.26 bits per heavy atom. The fourth-order valence-corrected chi connectivity index (χ4v) is 1.87. The molecule has 5 heteroatoms. The Labute approximate surface area is 112 Å². The molecule has 2 heterocycles. The minimum Gasteiger partial charge on any atom is -0.469 e. The van der Waals surface area contributed by atoms with Crippen LogP contribution in [-0.4, -0.2) is 24.0 Å². The first-order chi connectivity index (χ1) is 9.20. The van der Waals surface area contributed by atoms with Gasteiger partial charge in [0.25, 0.3) is 5.91 Å². The third-order valence-corrected chi connectivity index (χ3v) is 2.75. The predicted molar refractivity (Wildman–Crippen MR) is 73.1 cm³/mol. The molecule has 0 fully saturated rings. The molecule has 0 bridgehead atoms. The summed E-state index contributed by atoms with van der Waals surface area (Å²) in [4.78, 5) is 16.3. The average Bonchev–Trinajstić information content (AvgIpc) is 2.91. The molecule has 5 nitrogen and oxygen atoms in total. The van der Waals surface area contributed by atoms with E-state index in [1.807, 2.05) is 19.1 Å². The molecular weight excluding hydrogens is 242 g/mol. The van der Waals surface area contributed by atoms with Crippen molar-refractivity contribution in [3.8, 4) is 0 Å². The number of carbonyl (C=O) groups is 1. The van der Waals surface area contributed by atoms with Crippen molar-refractivity contribution in [3.05, 3.63) is 48.0 Å². The van der Waals surface area contributed by atoms with Crippen LogP contribution in [-0.2, 0) is 6.42 Å². The molecule has 0 aromatic carbocycles. The molecule has 2 aromatic heterocycles. The summed E-state index contributed by atoms with van der Waals surface area (Å²) in [5.74, 6) is 1.29. The first kappa shape index (κ1) is 13.1. The molecule has 19 heavy (non-hydrogen) atoms. The van der Waals surface area contributed by atoms with Gasteiger partial charge in [-0.3, -0.25) is 4.79 Å². The maximum absolute atomic E-state index is 12.1. The highest BCUT2D eigenvalue weighted by molar-refractivity contribution is 5.98. The number of carbonyl (C=O) groups excluding carboxylic acids is 1. The molecule has 1 atom stereocenters. The Morgan fingerprint density at radius 1 is 1.42 bits per heavy atom. The lowest BCUT2D eigenvalue weighted by atomic mass is 10.1. The lowest BCUT2D eigenvalue weighted by Gasteiger charge is -2.14. The molecule has 100 valence electrons. The fraction of sp³-hybridized carbons (Fsp3) is 0.286. The van der Waals surface area contributed by atoms with Crippen molar-refractivity contribution in [2.75, 3.05) is 12.4 Å². The maximum atomic E-state index is 12.1. The second kappa shape index (κ2) is 6.04. The lowest BCUT2D eigenvalue weighted by Crippen LogP contribution is -2.34.